The van der Waals surface area contributed by atoms with Crippen molar-refractivity contribution in [2.45, 2.75) is 13.3 Å². The number of carbonyl (C=O) groups is 1. The molecular formula is C22H20N4O2. The third-order valence-electron chi connectivity index (χ3n) is 5.26. The van der Waals surface area contributed by atoms with Gasteiger partial charge in [0.2, 0.25) is 5.91 Å². The van der Waals surface area contributed by atoms with Gasteiger partial charge in [-0.05, 0) is 30.7 Å². The zero-order chi connectivity index (χ0) is 19.3. The van der Waals surface area contributed by atoms with Crippen LogP contribution < -0.4 is 9.80 Å². The molecule has 5 rings (SSSR count). The summed E-state index contributed by atoms with van der Waals surface area (Å²) in [6.07, 6.45) is 1.96. The summed E-state index contributed by atoms with van der Waals surface area (Å²) in [6.45, 7) is 3.33. The van der Waals surface area contributed by atoms with Crippen LogP contribution in [0.3, 0.4) is 0 Å². The van der Waals surface area contributed by atoms with E-state index in [0.29, 0.717) is 12.4 Å². The van der Waals surface area contributed by atoms with Gasteiger partial charge in [0.1, 0.15) is 5.58 Å². The minimum absolute atomic E-state index is 0.00204. The molecule has 2 aromatic heterocycles. The first kappa shape index (κ1) is 16.7. The second-order valence-corrected chi connectivity index (χ2v) is 7.26. The van der Waals surface area contributed by atoms with E-state index >= 15 is 0 Å². The molecule has 1 aliphatic heterocycles. The largest absolute Gasteiger partial charge is 0.464 e. The van der Waals surface area contributed by atoms with Gasteiger partial charge < -0.3 is 9.32 Å². The zero-order valence-electron chi connectivity index (χ0n) is 15.8. The van der Waals surface area contributed by atoms with Gasteiger partial charge in [0, 0.05) is 31.1 Å². The molecule has 28 heavy (non-hydrogen) atoms. The summed E-state index contributed by atoms with van der Waals surface area (Å²) in [6, 6.07) is 13.8. The van der Waals surface area contributed by atoms with E-state index in [2.05, 4.69) is 4.90 Å². The highest BCUT2D eigenvalue weighted by Gasteiger charge is 2.29. The summed E-state index contributed by atoms with van der Waals surface area (Å²) in [4.78, 5) is 26.5. The number of benzene rings is 2. The topological polar surface area (TPSA) is 62.5 Å². The monoisotopic (exact) mass is 372 g/mol. The number of hydrogen-bond acceptors (Lipinski definition) is 5. The first-order chi connectivity index (χ1) is 13.6. The maximum absolute atomic E-state index is 13.2. The molecular weight excluding hydrogens is 352 g/mol. The number of aryl methyl sites for hydroxylation is 1. The Balaban J connectivity index is 1.52. The number of amides is 1. The van der Waals surface area contributed by atoms with E-state index in [4.69, 9.17) is 14.4 Å². The summed E-state index contributed by atoms with van der Waals surface area (Å²) in [7, 11) is 1.98. The van der Waals surface area contributed by atoms with Crippen molar-refractivity contribution in [3.8, 4) is 0 Å². The summed E-state index contributed by atoms with van der Waals surface area (Å²) >= 11 is 0. The number of anilines is 2. The van der Waals surface area contributed by atoms with Gasteiger partial charge in [-0.15, -0.1) is 0 Å². The van der Waals surface area contributed by atoms with Crippen LogP contribution in [0.4, 0.5) is 11.6 Å². The summed E-state index contributed by atoms with van der Waals surface area (Å²) < 4.78 is 5.66. The molecule has 0 bridgehead atoms. The Hall–Kier alpha value is -3.41. The number of aromatic nitrogens is 2. The van der Waals surface area contributed by atoms with Crippen molar-refractivity contribution < 1.29 is 9.21 Å². The highest BCUT2D eigenvalue weighted by Crippen LogP contribution is 2.31. The van der Waals surface area contributed by atoms with Gasteiger partial charge in [-0.2, -0.15) is 0 Å². The fourth-order valence-corrected chi connectivity index (χ4v) is 3.71. The van der Waals surface area contributed by atoms with Crippen molar-refractivity contribution in [2.75, 3.05) is 29.9 Å². The van der Waals surface area contributed by atoms with Crippen molar-refractivity contribution in [2.24, 2.45) is 0 Å². The molecule has 0 radical (unpaired) electrons. The van der Waals surface area contributed by atoms with Gasteiger partial charge in [0.15, 0.2) is 11.6 Å². The molecule has 3 heterocycles. The summed E-state index contributed by atoms with van der Waals surface area (Å²) in [5.41, 5.74) is 4.47. The molecule has 4 aromatic rings. The fourth-order valence-electron chi connectivity index (χ4n) is 3.71. The van der Waals surface area contributed by atoms with Gasteiger partial charge in [0.25, 0.3) is 0 Å². The molecule has 0 N–H and O–H groups in total. The number of hydrogen-bond donors (Lipinski definition) is 0. The van der Waals surface area contributed by atoms with Gasteiger partial charge in [-0.3, -0.25) is 9.69 Å². The molecule has 140 valence electrons. The molecule has 6 heteroatoms. The molecule has 0 unspecified atom stereocenters. The van der Waals surface area contributed by atoms with Crippen LogP contribution in [0.15, 0.2) is 53.1 Å². The number of nitrogens with zero attached hydrogens (tertiary/aromatic N) is 4. The summed E-state index contributed by atoms with van der Waals surface area (Å²) in [5.74, 6) is 1.37. The van der Waals surface area contributed by atoms with Crippen LogP contribution >= 0.6 is 0 Å². The average molecular weight is 372 g/mol. The minimum atomic E-state index is 0.00204. The lowest BCUT2D eigenvalue weighted by molar-refractivity contribution is -0.118. The number of rotatable bonds is 2. The van der Waals surface area contributed by atoms with E-state index in [1.165, 1.54) is 0 Å². The minimum Gasteiger partial charge on any atom is -0.464 e. The van der Waals surface area contributed by atoms with E-state index in [-0.39, 0.29) is 12.3 Å². The van der Waals surface area contributed by atoms with Gasteiger partial charge >= 0.3 is 0 Å². The Labute approximate surface area is 162 Å². The third kappa shape index (κ3) is 2.69. The van der Waals surface area contributed by atoms with Crippen LogP contribution in [0.2, 0.25) is 0 Å². The fraction of sp³-hybridized carbons (Fsp3) is 0.227. The van der Waals surface area contributed by atoms with Crippen molar-refractivity contribution in [3.63, 3.8) is 0 Å². The molecule has 1 aliphatic rings. The molecule has 0 saturated carbocycles. The smallest absolute Gasteiger partial charge is 0.232 e. The van der Waals surface area contributed by atoms with Crippen molar-refractivity contribution in [3.05, 3.63) is 59.9 Å². The van der Waals surface area contributed by atoms with Gasteiger partial charge in [-0.1, -0.05) is 24.3 Å². The quantitative estimate of drug-likeness (QED) is 0.537. The molecule has 0 aliphatic carbocycles. The first-order valence-electron chi connectivity index (χ1n) is 9.35. The van der Waals surface area contributed by atoms with E-state index in [9.17, 15) is 4.79 Å². The van der Waals surface area contributed by atoms with Crippen molar-refractivity contribution in [1.29, 1.82) is 0 Å². The molecule has 2 aromatic carbocycles. The Bertz CT molecular complexity index is 1210. The van der Waals surface area contributed by atoms with E-state index in [1.54, 1.807) is 11.2 Å². The number of carbonyl (C=O) groups excluding carboxylic acids is 1. The van der Waals surface area contributed by atoms with Crippen LogP contribution in [0.25, 0.3) is 22.0 Å². The first-order valence-corrected chi connectivity index (χ1v) is 9.35. The maximum atomic E-state index is 13.2. The van der Waals surface area contributed by atoms with Crippen LogP contribution in [0, 0.1) is 6.92 Å². The van der Waals surface area contributed by atoms with Crippen LogP contribution in [-0.2, 0) is 11.2 Å². The Kier molecular flexibility index (Phi) is 3.79. The van der Waals surface area contributed by atoms with Crippen LogP contribution in [0.1, 0.15) is 11.1 Å². The zero-order valence-corrected chi connectivity index (χ0v) is 15.8. The lowest BCUT2D eigenvalue weighted by Gasteiger charge is -2.33. The van der Waals surface area contributed by atoms with Crippen molar-refractivity contribution >= 4 is 39.5 Å². The van der Waals surface area contributed by atoms with Crippen molar-refractivity contribution in [1.82, 2.24) is 9.97 Å². The Morgan fingerprint density at radius 1 is 1.07 bits per heavy atom. The summed E-state index contributed by atoms with van der Waals surface area (Å²) in [5, 5.41) is 0.984. The lowest BCUT2D eigenvalue weighted by Crippen LogP contribution is -2.44. The number of likely N-dealkylation sites (N-methyl/N-ethyl adjacent to an activating group) is 1. The van der Waals surface area contributed by atoms with E-state index < -0.39 is 0 Å². The highest BCUT2D eigenvalue weighted by molar-refractivity contribution is 6.00. The molecule has 0 atom stereocenters. The highest BCUT2D eigenvalue weighted by atomic mass is 16.3. The standard InChI is InChI=1S/C22H20N4O2/c1-14-7-8-16-15(13-28-19(16)11-14)12-20(27)26-10-9-25(2)21-22(26)24-18-6-4-3-5-17(18)23-21/h3-8,11,13H,9-10,12H2,1-2H3. The number of para-hydroxylation sites is 2. The Morgan fingerprint density at radius 3 is 2.61 bits per heavy atom. The molecule has 1 amide bonds. The van der Waals surface area contributed by atoms with E-state index in [1.807, 2.05) is 56.4 Å². The van der Waals surface area contributed by atoms with Crippen LogP contribution in [0.5, 0.6) is 0 Å². The second-order valence-electron chi connectivity index (χ2n) is 7.26. The number of fused-ring (bicyclic) bond motifs is 3. The number of furan rings is 1. The van der Waals surface area contributed by atoms with E-state index in [0.717, 1.165) is 45.5 Å². The predicted molar refractivity (Wildman–Crippen MR) is 110 cm³/mol. The van der Waals surface area contributed by atoms with Crippen LogP contribution in [-0.4, -0.2) is 36.0 Å². The molecule has 0 spiro atoms. The molecule has 0 fully saturated rings. The molecule has 6 nitrogen and oxygen atoms in total. The maximum Gasteiger partial charge on any atom is 0.232 e. The van der Waals surface area contributed by atoms with Gasteiger partial charge in [0.05, 0.1) is 23.7 Å². The SMILES string of the molecule is Cc1ccc2c(CC(=O)N3CCN(C)c4nc5ccccc5nc43)coc2c1. The normalized spacial score (nSPS) is 13.9. The average Bonchev–Trinajstić information content (AvgIpc) is 3.08. The lowest BCUT2D eigenvalue weighted by atomic mass is 10.1. The predicted octanol–water partition coefficient (Wildman–Crippen LogP) is 3.71. The Morgan fingerprint density at radius 2 is 1.82 bits per heavy atom. The molecule has 0 saturated heterocycles. The third-order valence-corrected chi connectivity index (χ3v) is 5.26. The second kappa shape index (κ2) is 6.34. The van der Waals surface area contributed by atoms with Gasteiger partial charge in [-0.25, -0.2) is 9.97 Å².